The van der Waals surface area contributed by atoms with Gasteiger partial charge in [-0.2, -0.15) is 0 Å². The van der Waals surface area contributed by atoms with Crippen LogP contribution in [0.3, 0.4) is 0 Å². The molecule has 2 aromatic carbocycles. The fraction of sp³-hybridized carbons (Fsp3) is 0.250. The number of carbonyl (C=O) groups is 3. The molecular weight excluding hydrogens is 346 g/mol. The van der Waals surface area contributed by atoms with Crippen molar-refractivity contribution in [3.05, 3.63) is 54.1 Å². The molecule has 0 saturated heterocycles. The van der Waals surface area contributed by atoms with Crippen LogP contribution >= 0.6 is 0 Å². The summed E-state index contributed by atoms with van der Waals surface area (Å²) >= 11 is 0. The summed E-state index contributed by atoms with van der Waals surface area (Å²) in [5.41, 5.74) is 2.18. The van der Waals surface area contributed by atoms with Gasteiger partial charge in [-0.25, -0.2) is 4.79 Å². The first-order chi connectivity index (χ1) is 12.8. The van der Waals surface area contributed by atoms with Crippen molar-refractivity contribution in [2.75, 3.05) is 42.9 Å². The molecule has 1 N–H and O–H groups in total. The molecule has 2 aromatic rings. The summed E-state index contributed by atoms with van der Waals surface area (Å²) in [4.78, 5) is 39.6. The molecule has 0 atom stereocenters. The van der Waals surface area contributed by atoms with Crippen LogP contribution in [0.5, 0.6) is 0 Å². The molecule has 0 aliphatic heterocycles. The Kier molecular flexibility index (Phi) is 6.54. The number of nitrogens with one attached hydrogen (secondary N) is 1. The molecule has 2 amide bonds. The first-order valence-electron chi connectivity index (χ1n) is 8.36. The van der Waals surface area contributed by atoms with Gasteiger partial charge in [-0.15, -0.1) is 0 Å². The van der Waals surface area contributed by atoms with Gasteiger partial charge in [0.15, 0.2) is 0 Å². The second-order valence-electron chi connectivity index (χ2n) is 6.10. The van der Waals surface area contributed by atoms with Crippen LogP contribution < -0.4 is 15.1 Å². The fourth-order valence-corrected chi connectivity index (χ4v) is 2.53. The van der Waals surface area contributed by atoms with Gasteiger partial charge in [0.1, 0.15) is 6.54 Å². The van der Waals surface area contributed by atoms with Crippen LogP contribution in [0.2, 0.25) is 0 Å². The van der Waals surface area contributed by atoms with Crippen LogP contribution in [0, 0.1) is 0 Å². The zero-order valence-corrected chi connectivity index (χ0v) is 15.9. The first kappa shape index (κ1) is 20.0. The lowest BCUT2D eigenvalue weighted by atomic mass is 10.2. The molecule has 0 heterocycles. The van der Waals surface area contributed by atoms with Gasteiger partial charge < -0.3 is 19.9 Å². The zero-order valence-electron chi connectivity index (χ0n) is 15.9. The van der Waals surface area contributed by atoms with Crippen LogP contribution in [0.25, 0.3) is 0 Å². The third-order valence-corrected chi connectivity index (χ3v) is 3.97. The summed E-state index contributed by atoms with van der Waals surface area (Å²) in [7, 11) is 5.11. The van der Waals surface area contributed by atoms with Crippen LogP contribution in [0.15, 0.2) is 48.5 Å². The van der Waals surface area contributed by atoms with E-state index in [1.165, 1.54) is 18.9 Å². The van der Waals surface area contributed by atoms with Gasteiger partial charge in [-0.05, 0) is 36.4 Å². The summed E-state index contributed by atoms with van der Waals surface area (Å²) < 4.78 is 4.72. The Morgan fingerprint density at radius 2 is 1.56 bits per heavy atom. The molecule has 0 aliphatic rings. The fourth-order valence-electron chi connectivity index (χ4n) is 2.53. The molecule has 0 bridgehead atoms. The predicted octanol–water partition coefficient (Wildman–Crippen LogP) is 2.53. The zero-order chi connectivity index (χ0) is 20.0. The third-order valence-electron chi connectivity index (χ3n) is 3.97. The topological polar surface area (TPSA) is 79.0 Å². The minimum absolute atomic E-state index is 0.174. The van der Waals surface area contributed by atoms with Crippen molar-refractivity contribution in [1.82, 2.24) is 0 Å². The molecule has 2 rings (SSSR count). The first-order valence-corrected chi connectivity index (χ1v) is 8.36. The van der Waals surface area contributed by atoms with Crippen molar-refractivity contribution in [2.45, 2.75) is 6.92 Å². The highest BCUT2D eigenvalue weighted by atomic mass is 16.5. The van der Waals surface area contributed by atoms with E-state index in [4.69, 9.17) is 4.74 Å². The average molecular weight is 369 g/mol. The van der Waals surface area contributed by atoms with E-state index in [2.05, 4.69) is 5.32 Å². The van der Waals surface area contributed by atoms with Gasteiger partial charge in [0.25, 0.3) is 0 Å². The SMILES string of the molecule is COC(=O)c1ccccc1NC(=O)CN(C(C)=O)c1ccc(N(C)C)cc1. The largest absolute Gasteiger partial charge is 0.465 e. The molecule has 0 aliphatic carbocycles. The molecule has 0 unspecified atom stereocenters. The number of ether oxygens (including phenoxy) is 1. The Morgan fingerprint density at radius 1 is 0.963 bits per heavy atom. The molecule has 0 radical (unpaired) electrons. The highest BCUT2D eigenvalue weighted by Crippen LogP contribution is 2.20. The number of esters is 1. The minimum atomic E-state index is -0.548. The number of rotatable bonds is 6. The summed E-state index contributed by atoms with van der Waals surface area (Å²) in [6.45, 7) is 1.22. The van der Waals surface area contributed by atoms with E-state index in [9.17, 15) is 14.4 Å². The van der Waals surface area contributed by atoms with Gasteiger partial charge in [0.05, 0.1) is 18.4 Å². The van der Waals surface area contributed by atoms with Crippen LogP contribution in [0.1, 0.15) is 17.3 Å². The van der Waals surface area contributed by atoms with Gasteiger partial charge in [-0.3, -0.25) is 9.59 Å². The summed E-state index contributed by atoms with van der Waals surface area (Å²) in [5.74, 6) is -1.23. The summed E-state index contributed by atoms with van der Waals surface area (Å²) in [6.07, 6.45) is 0. The van der Waals surface area contributed by atoms with Crippen molar-refractivity contribution in [3.63, 3.8) is 0 Å². The predicted molar refractivity (Wildman–Crippen MR) is 105 cm³/mol. The molecule has 7 heteroatoms. The molecule has 0 aromatic heterocycles. The van der Waals surface area contributed by atoms with Gasteiger partial charge in [0, 0.05) is 32.4 Å². The lowest BCUT2D eigenvalue weighted by Gasteiger charge is -2.22. The van der Waals surface area contributed by atoms with Gasteiger partial charge in [-0.1, -0.05) is 12.1 Å². The van der Waals surface area contributed by atoms with Crippen LogP contribution in [0.4, 0.5) is 17.1 Å². The molecule has 0 spiro atoms. The van der Waals surface area contributed by atoms with E-state index < -0.39 is 11.9 Å². The number of methoxy groups -OCH3 is 1. The molecular formula is C20H23N3O4. The van der Waals surface area contributed by atoms with Crippen molar-refractivity contribution >= 4 is 34.8 Å². The lowest BCUT2D eigenvalue weighted by molar-refractivity contribution is -0.120. The highest BCUT2D eigenvalue weighted by molar-refractivity contribution is 6.05. The lowest BCUT2D eigenvalue weighted by Crippen LogP contribution is -2.36. The normalized spacial score (nSPS) is 10.1. The monoisotopic (exact) mass is 369 g/mol. The Balaban J connectivity index is 2.17. The Hall–Kier alpha value is -3.35. The number of nitrogens with zero attached hydrogens (tertiary/aromatic N) is 2. The highest BCUT2D eigenvalue weighted by Gasteiger charge is 2.18. The molecule has 0 fully saturated rings. The van der Waals surface area contributed by atoms with Crippen LogP contribution in [-0.2, 0) is 14.3 Å². The minimum Gasteiger partial charge on any atom is -0.465 e. The number of amides is 2. The van der Waals surface area contributed by atoms with E-state index in [0.717, 1.165) is 5.69 Å². The smallest absolute Gasteiger partial charge is 0.339 e. The Bertz CT molecular complexity index is 831. The number of benzene rings is 2. The third kappa shape index (κ3) is 5.07. The number of carbonyl (C=O) groups excluding carboxylic acids is 3. The Morgan fingerprint density at radius 3 is 2.11 bits per heavy atom. The number of anilines is 3. The van der Waals surface area contributed by atoms with Crippen molar-refractivity contribution in [1.29, 1.82) is 0 Å². The van der Waals surface area contributed by atoms with Crippen molar-refractivity contribution < 1.29 is 19.1 Å². The summed E-state index contributed by atoms with van der Waals surface area (Å²) in [5, 5.41) is 2.67. The van der Waals surface area contributed by atoms with Crippen LogP contribution in [-0.4, -0.2) is 45.5 Å². The second-order valence-corrected chi connectivity index (χ2v) is 6.10. The number of hydrogen-bond acceptors (Lipinski definition) is 5. The van der Waals surface area contributed by atoms with E-state index in [1.807, 2.05) is 31.1 Å². The molecule has 142 valence electrons. The summed E-state index contributed by atoms with van der Waals surface area (Å²) in [6, 6.07) is 13.9. The second kappa shape index (κ2) is 8.84. The van der Waals surface area contributed by atoms with E-state index in [-0.39, 0.29) is 18.0 Å². The maximum Gasteiger partial charge on any atom is 0.339 e. The molecule has 27 heavy (non-hydrogen) atoms. The van der Waals surface area contributed by atoms with Gasteiger partial charge >= 0.3 is 5.97 Å². The quantitative estimate of drug-likeness (QED) is 0.792. The molecule has 0 saturated carbocycles. The average Bonchev–Trinajstić information content (AvgIpc) is 2.65. The van der Waals surface area contributed by atoms with E-state index in [0.29, 0.717) is 11.4 Å². The van der Waals surface area contributed by atoms with E-state index >= 15 is 0 Å². The standard InChI is InChI=1S/C20H23N3O4/c1-14(24)23(16-11-9-15(10-12-16)22(2)3)13-19(25)21-18-8-6-5-7-17(18)20(26)27-4/h5-12H,13H2,1-4H3,(H,21,25). The van der Waals surface area contributed by atoms with E-state index in [1.54, 1.807) is 36.4 Å². The van der Waals surface area contributed by atoms with Crippen molar-refractivity contribution in [3.8, 4) is 0 Å². The number of para-hydroxylation sites is 1. The number of hydrogen-bond donors (Lipinski definition) is 1. The molecule has 7 nitrogen and oxygen atoms in total. The van der Waals surface area contributed by atoms with Gasteiger partial charge in [0.2, 0.25) is 11.8 Å². The maximum absolute atomic E-state index is 12.5. The Labute approximate surface area is 158 Å². The maximum atomic E-state index is 12.5. The van der Waals surface area contributed by atoms with Crippen molar-refractivity contribution in [2.24, 2.45) is 0 Å².